The van der Waals surface area contributed by atoms with Crippen LogP contribution in [0.25, 0.3) is 16.9 Å². The third-order valence-corrected chi connectivity index (χ3v) is 4.86. The number of pyridine rings is 1. The zero-order valence-corrected chi connectivity index (χ0v) is 13.6. The Morgan fingerprint density at radius 2 is 1.95 bits per heavy atom. The summed E-state index contributed by atoms with van der Waals surface area (Å²) in [5.41, 5.74) is 9.36. The molecule has 20 heavy (non-hydrogen) atoms. The van der Waals surface area contributed by atoms with Crippen LogP contribution in [0.2, 0.25) is 10.0 Å². The molecule has 0 radical (unpaired) electrons. The number of rotatable bonds is 1. The highest BCUT2D eigenvalue weighted by Crippen LogP contribution is 2.36. The first-order valence-corrected chi connectivity index (χ1v) is 7.43. The topological polar surface area (TPSA) is 43.3 Å². The van der Waals surface area contributed by atoms with E-state index in [1.165, 1.54) is 0 Å². The summed E-state index contributed by atoms with van der Waals surface area (Å²) in [6, 6.07) is 9.27. The molecule has 0 amide bonds. The first-order chi connectivity index (χ1) is 9.50. The molecule has 1 aromatic carbocycles. The number of nitrogens with zero attached hydrogens (tertiary/aromatic N) is 2. The minimum absolute atomic E-state index is 0.459. The predicted molar refractivity (Wildman–Crippen MR) is 87.5 cm³/mol. The van der Waals surface area contributed by atoms with E-state index in [0.717, 1.165) is 21.4 Å². The Balaban J connectivity index is 2.36. The molecule has 0 aliphatic heterocycles. The summed E-state index contributed by atoms with van der Waals surface area (Å²) in [7, 11) is 0. The molecule has 3 rings (SSSR count). The van der Waals surface area contributed by atoms with Crippen LogP contribution >= 0.6 is 39.1 Å². The van der Waals surface area contributed by atoms with Crippen LogP contribution in [0.4, 0.5) is 5.82 Å². The van der Waals surface area contributed by atoms with E-state index in [2.05, 4.69) is 20.9 Å². The summed E-state index contributed by atoms with van der Waals surface area (Å²) in [5, 5.41) is 0.944. The van der Waals surface area contributed by atoms with Crippen molar-refractivity contribution in [3.63, 3.8) is 0 Å². The van der Waals surface area contributed by atoms with Gasteiger partial charge in [-0.25, -0.2) is 4.98 Å². The average molecular weight is 371 g/mol. The van der Waals surface area contributed by atoms with Crippen LogP contribution in [-0.4, -0.2) is 9.38 Å². The van der Waals surface area contributed by atoms with Gasteiger partial charge in [-0.3, -0.25) is 4.40 Å². The van der Waals surface area contributed by atoms with Crippen molar-refractivity contribution in [2.24, 2.45) is 0 Å². The van der Waals surface area contributed by atoms with Crippen molar-refractivity contribution in [2.75, 3.05) is 5.73 Å². The monoisotopic (exact) mass is 369 g/mol. The van der Waals surface area contributed by atoms with Crippen LogP contribution in [0.5, 0.6) is 0 Å². The van der Waals surface area contributed by atoms with E-state index in [-0.39, 0.29) is 0 Å². The molecular formula is C14H10BrCl2N3. The van der Waals surface area contributed by atoms with Crippen molar-refractivity contribution < 1.29 is 0 Å². The summed E-state index contributed by atoms with van der Waals surface area (Å²) in [6.07, 6.45) is 0. The maximum absolute atomic E-state index is 6.25. The Morgan fingerprint density at radius 1 is 1.20 bits per heavy atom. The van der Waals surface area contributed by atoms with Gasteiger partial charge in [-0.1, -0.05) is 35.3 Å². The number of fused-ring (bicyclic) bond motifs is 1. The van der Waals surface area contributed by atoms with Crippen molar-refractivity contribution >= 4 is 50.6 Å². The number of hydrogen-bond acceptors (Lipinski definition) is 2. The second-order valence-corrected chi connectivity index (χ2v) is 6.05. The van der Waals surface area contributed by atoms with Crippen LogP contribution in [-0.2, 0) is 0 Å². The first-order valence-electron chi connectivity index (χ1n) is 5.88. The number of imidazole rings is 1. The number of aromatic nitrogens is 2. The van der Waals surface area contributed by atoms with Gasteiger partial charge < -0.3 is 5.73 Å². The van der Waals surface area contributed by atoms with Gasteiger partial charge in [-0.15, -0.1) is 0 Å². The number of aryl methyl sites for hydroxylation is 1. The lowest BCUT2D eigenvalue weighted by molar-refractivity contribution is 1.09. The lowest BCUT2D eigenvalue weighted by atomic mass is 10.1. The summed E-state index contributed by atoms with van der Waals surface area (Å²) < 4.78 is 2.86. The SMILES string of the molecule is Cc1c(Br)ccc2nc(-c3cccc(Cl)c3Cl)c(N)n12. The van der Waals surface area contributed by atoms with Gasteiger partial charge in [0.15, 0.2) is 0 Å². The molecule has 0 saturated heterocycles. The average Bonchev–Trinajstić information content (AvgIpc) is 2.75. The highest BCUT2D eigenvalue weighted by Gasteiger charge is 2.17. The molecule has 0 atom stereocenters. The van der Waals surface area contributed by atoms with E-state index >= 15 is 0 Å². The molecular weight excluding hydrogens is 361 g/mol. The fourth-order valence-corrected chi connectivity index (χ4v) is 2.87. The Bertz CT molecular complexity index is 827. The highest BCUT2D eigenvalue weighted by atomic mass is 79.9. The van der Waals surface area contributed by atoms with Gasteiger partial charge in [0, 0.05) is 15.7 Å². The normalized spacial score (nSPS) is 11.2. The fourth-order valence-electron chi connectivity index (χ4n) is 2.18. The molecule has 2 heterocycles. The summed E-state index contributed by atoms with van der Waals surface area (Å²) in [4.78, 5) is 4.56. The highest BCUT2D eigenvalue weighted by molar-refractivity contribution is 9.10. The van der Waals surface area contributed by atoms with Gasteiger partial charge in [-0.2, -0.15) is 0 Å². The third kappa shape index (κ3) is 1.99. The van der Waals surface area contributed by atoms with E-state index in [1.54, 1.807) is 6.07 Å². The predicted octanol–water partition coefficient (Wildman–Crippen LogP) is 4.96. The number of hydrogen-bond donors (Lipinski definition) is 1. The van der Waals surface area contributed by atoms with E-state index in [4.69, 9.17) is 28.9 Å². The summed E-state index contributed by atoms with van der Waals surface area (Å²) in [6.45, 7) is 1.97. The van der Waals surface area contributed by atoms with Crippen molar-refractivity contribution in [2.45, 2.75) is 6.92 Å². The van der Waals surface area contributed by atoms with Crippen LogP contribution in [0.15, 0.2) is 34.8 Å². The molecule has 0 fully saturated rings. The van der Waals surface area contributed by atoms with E-state index < -0.39 is 0 Å². The molecule has 0 bridgehead atoms. The zero-order valence-electron chi connectivity index (χ0n) is 10.5. The molecule has 2 aromatic heterocycles. The summed E-state index contributed by atoms with van der Waals surface area (Å²) >= 11 is 15.8. The van der Waals surface area contributed by atoms with Gasteiger partial charge in [-0.05, 0) is 41.1 Å². The van der Waals surface area contributed by atoms with Gasteiger partial charge in [0.05, 0.1) is 10.0 Å². The molecule has 2 N–H and O–H groups in total. The van der Waals surface area contributed by atoms with Crippen molar-refractivity contribution in [1.29, 1.82) is 0 Å². The van der Waals surface area contributed by atoms with Gasteiger partial charge in [0.25, 0.3) is 0 Å². The minimum Gasteiger partial charge on any atom is -0.383 e. The van der Waals surface area contributed by atoms with Gasteiger partial charge in [0.2, 0.25) is 0 Å². The molecule has 3 aromatic rings. The Labute approximate surface area is 134 Å². The second kappa shape index (κ2) is 4.95. The lowest BCUT2D eigenvalue weighted by Crippen LogP contribution is -1.98. The van der Waals surface area contributed by atoms with E-state index in [9.17, 15) is 0 Å². The van der Waals surface area contributed by atoms with Gasteiger partial charge >= 0.3 is 0 Å². The zero-order chi connectivity index (χ0) is 14.4. The quantitative estimate of drug-likeness (QED) is 0.657. The van der Waals surface area contributed by atoms with E-state index in [1.807, 2.05) is 35.6 Å². The van der Waals surface area contributed by atoms with Crippen LogP contribution < -0.4 is 5.73 Å². The second-order valence-electron chi connectivity index (χ2n) is 4.41. The lowest BCUT2D eigenvalue weighted by Gasteiger charge is -2.06. The Morgan fingerprint density at radius 3 is 2.70 bits per heavy atom. The van der Waals surface area contributed by atoms with Crippen LogP contribution in [0.1, 0.15) is 5.69 Å². The molecule has 3 nitrogen and oxygen atoms in total. The van der Waals surface area contributed by atoms with Crippen molar-refractivity contribution in [3.8, 4) is 11.3 Å². The first kappa shape index (κ1) is 13.7. The molecule has 0 unspecified atom stereocenters. The molecule has 0 aliphatic rings. The van der Waals surface area contributed by atoms with Crippen LogP contribution in [0, 0.1) is 6.92 Å². The Kier molecular flexibility index (Phi) is 3.40. The largest absolute Gasteiger partial charge is 0.383 e. The summed E-state index contributed by atoms with van der Waals surface area (Å²) in [5.74, 6) is 0.544. The molecule has 0 saturated carbocycles. The minimum atomic E-state index is 0.459. The third-order valence-electron chi connectivity index (χ3n) is 3.21. The van der Waals surface area contributed by atoms with Crippen molar-refractivity contribution in [1.82, 2.24) is 9.38 Å². The molecule has 0 spiro atoms. The number of anilines is 1. The number of nitrogens with two attached hydrogens (primary N) is 1. The maximum atomic E-state index is 6.25. The molecule has 0 aliphatic carbocycles. The van der Waals surface area contributed by atoms with Crippen molar-refractivity contribution in [3.05, 3.63) is 50.5 Å². The number of benzene rings is 1. The molecule has 102 valence electrons. The van der Waals surface area contributed by atoms with Crippen LogP contribution in [0.3, 0.4) is 0 Å². The number of halogens is 3. The maximum Gasteiger partial charge on any atom is 0.139 e. The van der Waals surface area contributed by atoms with E-state index in [0.29, 0.717) is 21.6 Å². The number of nitrogen functional groups attached to an aromatic ring is 1. The van der Waals surface area contributed by atoms with Gasteiger partial charge in [0.1, 0.15) is 17.2 Å². The standard InChI is InChI=1S/C14H10BrCl2N3/c1-7-9(15)5-6-11-19-13(14(18)20(7)11)8-3-2-4-10(16)12(8)17/h2-6H,18H2,1H3. The molecule has 6 heteroatoms. The fraction of sp³-hybridized carbons (Fsp3) is 0.0714. The Hall–Kier alpha value is -1.23. The smallest absolute Gasteiger partial charge is 0.139 e.